The Morgan fingerprint density at radius 1 is 0.818 bits per heavy atom. The Balaban J connectivity index is 2.40. The van der Waals surface area contributed by atoms with E-state index in [0.29, 0.717) is 16.5 Å². The molecule has 2 aromatic heterocycles. The fraction of sp³-hybridized carbons (Fsp3) is 0.500. The quantitative estimate of drug-likeness (QED) is 0.732. The van der Waals surface area contributed by atoms with Gasteiger partial charge in [-0.15, -0.1) is 22.7 Å². The topological polar surface area (TPSA) is 52.6 Å². The van der Waals surface area contributed by atoms with Gasteiger partial charge in [0, 0.05) is 16.1 Å². The molecule has 0 unspecified atom stereocenters. The summed E-state index contributed by atoms with van der Waals surface area (Å²) < 4.78 is 11.7. The van der Waals surface area contributed by atoms with Gasteiger partial charge < -0.3 is 9.47 Å². The number of hydrogen-bond acceptors (Lipinski definition) is 6. The van der Waals surface area contributed by atoms with E-state index in [9.17, 15) is 9.59 Å². The summed E-state index contributed by atoms with van der Waals surface area (Å²) in [6.07, 6.45) is 0. The number of ether oxygens (including phenoxy) is 2. The van der Waals surface area contributed by atoms with Crippen LogP contribution in [0.25, 0.3) is 9.40 Å². The summed E-state index contributed by atoms with van der Waals surface area (Å²) >= 11 is 2.87. The maximum atomic E-state index is 12.3. The molecule has 0 atom stereocenters. The van der Waals surface area contributed by atoms with E-state index < -0.39 is 23.1 Å². The minimum Gasteiger partial charge on any atom is -0.456 e. The Bertz CT molecular complexity index is 653. The predicted molar refractivity (Wildman–Crippen MR) is 90.0 cm³/mol. The number of thiophene rings is 2. The predicted octanol–water partition coefficient (Wildman–Crippen LogP) is 4.87. The van der Waals surface area contributed by atoms with Gasteiger partial charge in [-0.1, -0.05) is 0 Å². The van der Waals surface area contributed by atoms with Crippen molar-refractivity contribution in [3.8, 4) is 0 Å². The number of fused-ring (bicyclic) bond motifs is 1. The van der Waals surface area contributed by atoms with Crippen LogP contribution < -0.4 is 0 Å². The standard InChI is InChI=1S/C16H20O4S2/c1-15(2,3)19-12(17)9-7-21-14-11(9)10(8-22-14)13(18)20-16(4,5)6/h7-8H,1-6H3. The van der Waals surface area contributed by atoms with E-state index in [1.807, 2.05) is 41.5 Å². The normalized spacial score (nSPS) is 12.5. The molecule has 22 heavy (non-hydrogen) atoms. The minimum atomic E-state index is -0.576. The van der Waals surface area contributed by atoms with Gasteiger partial charge in [0.2, 0.25) is 0 Å². The third kappa shape index (κ3) is 3.87. The summed E-state index contributed by atoms with van der Waals surface area (Å²) in [6.45, 7) is 10.9. The van der Waals surface area contributed by atoms with Crippen LogP contribution in [0.5, 0.6) is 0 Å². The zero-order valence-corrected chi connectivity index (χ0v) is 15.2. The number of esters is 2. The summed E-state index contributed by atoms with van der Waals surface area (Å²) in [4.78, 5) is 24.7. The molecule has 0 aliphatic heterocycles. The molecule has 0 fully saturated rings. The molecule has 0 radical (unpaired) electrons. The van der Waals surface area contributed by atoms with Crippen LogP contribution in [0.4, 0.5) is 0 Å². The van der Waals surface area contributed by atoms with Gasteiger partial charge in [0.15, 0.2) is 0 Å². The van der Waals surface area contributed by atoms with Gasteiger partial charge in [-0.3, -0.25) is 0 Å². The van der Waals surface area contributed by atoms with Crippen molar-refractivity contribution in [2.45, 2.75) is 52.7 Å². The van der Waals surface area contributed by atoms with Crippen LogP contribution >= 0.6 is 22.7 Å². The Hall–Kier alpha value is -1.40. The highest BCUT2D eigenvalue weighted by atomic mass is 32.2. The molecule has 2 heterocycles. The van der Waals surface area contributed by atoms with E-state index in [0.717, 1.165) is 4.01 Å². The molecule has 0 amide bonds. The first-order valence-corrected chi connectivity index (χ1v) is 8.69. The van der Waals surface area contributed by atoms with Crippen LogP contribution in [0.1, 0.15) is 62.3 Å². The zero-order valence-electron chi connectivity index (χ0n) is 13.6. The van der Waals surface area contributed by atoms with Gasteiger partial charge in [0.05, 0.1) is 15.1 Å². The summed E-state index contributed by atoms with van der Waals surface area (Å²) in [5.74, 6) is -0.830. The van der Waals surface area contributed by atoms with Crippen molar-refractivity contribution in [1.29, 1.82) is 0 Å². The lowest BCUT2D eigenvalue weighted by Crippen LogP contribution is -2.25. The van der Waals surface area contributed by atoms with Crippen LogP contribution in [0.3, 0.4) is 0 Å². The van der Waals surface area contributed by atoms with Gasteiger partial charge in [0.1, 0.15) is 11.2 Å². The van der Waals surface area contributed by atoms with Gasteiger partial charge >= 0.3 is 11.9 Å². The number of hydrogen-bond donors (Lipinski definition) is 0. The fourth-order valence-electron chi connectivity index (χ4n) is 1.82. The lowest BCUT2D eigenvalue weighted by atomic mass is 10.1. The van der Waals surface area contributed by atoms with Gasteiger partial charge in [-0.25, -0.2) is 9.59 Å². The third-order valence-corrected chi connectivity index (χ3v) is 4.67. The van der Waals surface area contributed by atoms with Gasteiger partial charge in [0.25, 0.3) is 0 Å². The largest absolute Gasteiger partial charge is 0.456 e. The first-order chi connectivity index (χ1) is 9.98. The highest BCUT2D eigenvalue weighted by molar-refractivity contribution is 7.37. The molecule has 120 valence electrons. The molecule has 0 bridgehead atoms. The number of rotatable bonds is 2. The molecule has 2 rings (SSSR count). The lowest BCUT2D eigenvalue weighted by Gasteiger charge is -2.20. The summed E-state index contributed by atoms with van der Waals surface area (Å²) in [6, 6.07) is 0. The molecular formula is C16H20O4S2. The number of carbonyl (C=O) groups is 2. The Morgan fingerprint density at radius 2 is 1.18 bits per heavy atom. The van der Waals surface area contributed by atoms with Gasteiger partial charge in [-0.05, 0) is 41.5 Å². The Kier molecular flexibility index (Phi) is 4.37. The van der Waals surface area contributed by atoms with Crippen molar-refractivity contribution in [3.05, 3.63) is 21.9 Å². The molecule has 0 saturated heterocycles. The molecule has 0 N–H and O–H groups in total. The van der Waals surface area contributed by atoms with Crippen molar-refractivity contribution >= 4 is 44.0 Å². The molecule has 0 saturated carbocycles. The molecule has 6 heteroatoms. The highest BCUT2D eigenvalue weighted by Crippen LogP contribution is 2.36. The molecule has 0 aliphatic carbocycles. The second-order valence-electron chi connectivity index (χ2n) is 6.96. The zero-order chi connectivity index (χ0) is 16.7. The maximum absolute atomic E-state index is 12.3. The molecule has 2 aromatic rings. The average Bonchev–Trinajstić information content (AvgIpc) is 2.82. The van der Waals surface area contributed by atoms with Crippen molar-refractivity contribution in [3.63, 3.8) is 0 Å². The van der Waals surface area contributed by atoms with Gasteiger partial charge in [-0.2, -0.15) is 0 Å². The summed E-state index contributed by atoms with van der Waals surface area (Å²) in [5.41, 5.74) is -0.296. The summed E-state index contributed by atoms with van der Waals surface area (Å²) in [7, 11) is 0. The van der Waals surface area contributed by atoms with Crippen LogP contribution in [0, 0.1) is 0 Å². The minimum absolute atomic E-state index is 0.415. The first-order valence-electron chi connectivity index (χ1n) is 6.93. The van der Waals surface area contributed by atoms with E-state index in [1.54, 1.807) is 10.8 Å². The van der Waals surface area contributed by atoms with E-state index >= 15 is 0 Å². The monoisotopic (exact) mass is 340 g/mol. The first kappa shape index (κ1) is 17.0. The molecule has 0 aromatic carbocycles. The van der Waals surface area contributed by atoms with Crippen LogP contribution in [-0.4, -0.2) is 23.1 Å². The fourth-order valence-corrected chi connectivity index (χ4v) is 3.88. The van der Waals surface area contributed by atoms with Crippen molar-refractivity contribution < 1.29 is 19.1 Å². The Labute approximate surface area is 138 Å². The molecule has 0 aliphatic rings. The van der Waals surface area contributed by atoms with E-state index in [2.05, 4.69) is 0 Å². The van der Waals surface area contributed by atoms with E-state index in [1.165, 1.54) is 22.7 Å². The number of carbonyl (C=O) groups excluding carboxylic acids is 2. The van der Waals surface area contributed by atoms with Crippen molar-refractivity contribution in [2.24, 2.45) is 0 Å². The van der Waals surface area contributed by atoms with Crippen LogP contribution in [-0.2, 0) is 9.47 Å². The van der Waals surface area contributed by atoms with E-state index in [-0.39, 0.29) is 0 Å². The van der Waals surface area contributed by atoms with Crippen LogP contribution in [0.2, 0.25) is 0 Å². The van der Waals surface area contributed by atoms with E-state index in [4.69, 9.17) is 9.47 Å². The second kappa shape index (κ2) is 5.66. The molecule has 0 spiro atoms. The summed E-state index contributed by atoms with van der Waals surface area (Å²) in [5, 5.41) is 4.12. The van der Waals surface area contributed by atoms with Crippen LogP contribution in [0.15, 0.2) is 10.8 Å². The highest BCUT2D eigenvalue weighted by Gasteiger charge is 2.27. The smallest absolute Gasteiger partial charge is 0.340 e. The van der Waals surface area contributed by atoms with Crippen molar-refractivity contribution in [1.82, 2.24) is 0 Å². The Morgan fingerprint density at radius 3 is 1.50 bits per heavy atom. The van der Waals surface area contributed by atoms with Crippen molar-refractivity contribution in [2.75, 3.05) is 0 Å². The molecule has 4 nitrogen and oxygen atoms in total. The SMILES string of the molecule is CC(C)(C)OC(=O)c1csc2scc(C(=O)OC(C)(C)C)c12. The average molecular weight is 340 g/mol. The second-order valence-corrected chi connectivity index (χ2v) is 8.98. The lowest BCUT2D eigenvalue weighted by molar-refractivity contribution is 0.00673. The molecular weight excluding hydrogens is 320 g/mol. The third-order valence-electron chi connectivity index (χ3n) is 2.55. The maximum Gasteiger partial charge on any atom is 0.340 e.